The van der Waals surface area contributed by atoms with Crippen molar-refractivity contribution in [3.8, 4) is 11.5 Å². The van der Waals surface area contributed by atoms with E-state index in [1.807, 2.05) is 12.1 Å². The summed E-state index contributed by atoms with van der Waals surface area (Å²) in [5, 5.41) is 11.6. The SMILES string of the molecule is COc1ccc2c3c1O[C@H]1[C@@H](O)[C@@H](c4ccccc4)C[C@H]4[C@@H](C2)N(C)CC[C@@]341. The molecule has 1 saturated heterocycles. The Morgan fingerprint density at radius 1 is 1.18 bits per heavy atom. The number of hydrogen-bond acceptors (Lipinski definition) is 4. The molecule has 4 nitrogen and oxygen atoms in total. The Morgan fingerprint density at radius 2 is 2.00 bits per heavy atom. The molecule has 2 aromatic carbocycles. The van der Waals surface area contributed by atoms with E-state index < -0.39 is 6.10 Å². The highest BCUT2D eigenvalue weighted by Gasteiger charge is 2.67. The van der Waals surface area contributed by atoms with Gasteiger partial charge in [-0.2, -0.15) is 0 Å². The Hall–Kier alpha value is -2.04. The molecular formula is C24H27NO3. The number of aliphatic hydroxyl groups is 1. The van der Waals surface area contributed by atoms with Gasteiger partial charge in [-0.15, -0.1) is 0 Å². The summed E-state index contributed by atoms with van der Waals surface area (Å²) in [5.41, 5.74) is 3.87. The Kier molecular flexibility index (Phi) is 3.46. The maximum atomic E-state index is 11.6. The van der Waals surface area contributed by atoms with Gasteiger partial charge in [0.15, 0.2) is 11.5 Å². The predicted molar refractivity (Wildman–Crippen MR) is 107 cm³/mol. The van der Waals surface area contributed by atoms with E-state index >= 15 is 0 Å². The van der Waals surface area contributed by atoms with Gasteiger partial charge in [0.05, 0.1) is 13.2 Å². The van der Waals surface area contributed by atoms with Crippen molar-refractivity contribution in [1.82, 2.24) is 4.90 Å². The Labute approximate surface area is 166 Å². The van der Waals surface area contributed by atoms with Gasteiger partial charge in [-0.1, -0.05) is 36.4 Å². The number of rotatable bonds is 2. The van der Waals surface area contributed by atoms with Gasteiger partial charge in [0.2, 0.25) is 0 Å². The highest BCUT2D eigenvalue weighted by atomic mass is 16.5. The summed E-state index contributed by atoms with van der Waals surface area (Å²) in [6.07, 6.45) is 2.41. The normalized spacial score (nSPS) is 37.9. The smallest absolute Gasteiger partial charge is 0.165 e. The fraction of sp³-hybridized carbons (Fsp3) is 0.500. The van der Waals surface area contributed by atoms with Gasteiger partial charge in [-0.25, -0.2) is 0 Å². The molecule has 2 aromatic rings. The molecule has 1 spiro atoms. The van der Waals surface area contributed by atoms with Gasteiger partial charge in [0.1, 0.15) is 6.10 Å². The first-order chi connectivity index (χ1) is 13.6. The second-order valence-electron chi connectivity index (χ2n) is 9.06. The van der Waals surface area contributed by atoms with E-state index in [1.165, 1.54) is 16.7 Å². The van der Waals surface area contributed by atoms with E-state index in [4.69, 9.17) is 9.47 Å². The first-order valence-corrected chi connectivity index (χ1v) is 10.5. The van der Waals surface area contributed by atoms with E-state index in [-0.39, 0.29) is 17.4 Å². The number of methoxy groups -OCH3 is 1. The molecule has 6 atom stereocenters. The van der Waals surface area contributed by atoms with Crippen LogP contribution >= 0.6 is 0 Å². The van der Waals surface area contributed by atoms with Crippen molar-refractivity contribution in [2.24, 2.45) is 5.92 Å². The molecule has 2 fully saturated rings. The molecule has 2 aliphatic heterocycles. The highest BCUT2D eigenvalue weighted by molar-refractivity contribution is 5.61. The zero-order valence-corrected chi connectivity index (χ0v) is 16.5. The second kappa shape index (κ2) is 5.74. The molecule has 0 unspecified atom stereocenters. The van der Waals surface area contributed by atoms with Gasteiger partial charge >= 0.3 is 0 Å². The zero-order chi connectivity index (χ0) is 19.0. The van der Waals surface area contributed by atoms with Gasteiger partial charge in [0.25, 0.3) is 0 Å². The number of piperidine rings is 1. The monoisotopic (exact) mass is 377 g/mol. The number of nitrogens with zero attached hydrogens (tertiary/aromatic N) is 1. The molecule has 146 valence electrons. The molecule has 2 aliphatic carbocycles. The van der Waals surface area contributed by atoms with Gasteiger partial charge in [-0.05, 0) is 56.0 Å². The largest absolute Gasteiger partial charge is 0.493 e. The quantitative estimate of drug-likeness (QED) is 0.873. The lowest BCUT2D eigenvalue weighted by Gasteiger charge is -2.60. The minimum Gasteiger partial charge on any atom is -0.493 e. The van der Waals surface area contributed by atoms with Crippen molar-refractivity contribution in [2.45, 2.75) is 48.8 Å². The number of benzene rings is 2. The van der Waals surface area contributed by atoms with Gasteiger partial charge in [-0.3, -0.25) is 0 Å². The minimum absolute atomic E-state index is 0.0840. The zero-order valence-electron chi connectivity index (χ0n) is 16.5. The summed E-state index contributed by atoms with van der Waals surface area (Å²) in [5.74, 6) is 2.30. The highest BCUT2D eigenvalue weighted by Crippen LogP contribution is 2.65. The molecule has 4 aliphatic rings. The van der Waals surface area contributed by atoms with E-state index in [0.717, 1.165) is 37.3 Å². The topological polar surface area (TPSA) is 41.9 Å². The summed E-state index contributed by atoms with van der Waals surface area (Å²) in [7, 11) is 3.97. The number of likely N-dealkylation sites (N-methyl/N-ethyl adjacent to an activating group) is 1. The van der Waals surface area contributed by atoms with Crippen molar-refractivity contribution in [3.63, 3.8) is 0 Å². The molecule has 2 bridgehead atoms. The molecule has 4 heteroatoms. The third kappa shape index (κ3) is 1.93. The standard InChI is InChI=1S/C24H27NO3/c1-25-11-10-24-17-13-16(14-6-4-3-5-7-14)21(26)23(24)28-22-19(27-2)9-8-15(20(22)24)12-18(17)25/h3-9,16-18,21,23,26H,10-13H2,1-2H3/t16-,17+,18-,21+,23+,24+/m1/s1. The second-order valence-corrected chi connectivity index (χ2v) is 9.06. The van der Waals surface area contributed by atoms with Crippen LogP contribution in [-0.2, 0) is 11.8 Å². The lowest BCUT2D eigenvalue weighted by molar-refractivity contribution is -0.110. The molecule has 28 heavy (non-hydrogen) atoms. The summed E-state index contributed by atoms with van der Waals surface area (Å²) in [4.78, 5) is 2.54. The minimum atomic E-state index is -0.509. The van der Waals surface area contributed by atoms with E-state index in [2.05, 4.69) is 42.3 Å². The Balaban J connectivity index is 1.55. The van der Waals surface area contributed by atoms with Crippen LogP contribution in [0.1, 0.15) is 35.4 Å². The molecule has 0 aromatic heterocycles. The van der Waals surface area contributed by atoms with E-state index in [0.29, 0.717) is 12.0 Å². The summed E-state index contributed by atoms with van der Waals surface area (Å²) in [6.45, 7) is 1.06. The van der Waals surface area contributed by atoms with Crippen molar-refractivity contribution in [1.29, 1.82) is 0 Å². The molecule has 2 heterocycles. The average Bonchev–Trinajstić information content (AvgIpc) is 3.08. The van der Waals surface area contributed by atoms with Crippen LogP contribution in [-0.4, -0.2) is 49.0 Å². The summed E-state index contributed by atoms with van der Waals surface area (Å²) < 4.78 is 12.3. The molecule has 0 radical (unpaired) electrons. The predicted octanol–water partition coefficient (Wildman–Crippen LogP) is 3.12. The summed E-state index contributed by atoms with van der Waals surface area (Å²) >= 11 is 0. The molecule has 6 rings (SSSR count). The van der Waals surface area contributed by atoms with Crippen molar-refractivity contribution in [3.05, 3.63) is 59.2 Å². The van der Waals surface area contributed by atoms with Crippen LogP contribution in [0, 0.1) is 5.92 Å². The van der Waals surface area contributed by atoms with Crippen LogP contribution in [0.15, 0.2) is 42.5 Å². The van der Waals surface area contributed by atoms with Crippen LogP contribution in [0.25, 0.3) is 0 Å². The van der Waals surface area contributed by atoms with Crippen LogP contribution in [0.2, 0.25) is 0 Å². The number of ether oxygens (including phenoxy) is 2. The first-order valence-electron chi connectivity index (χ1n) is 10.5. The maximum Gasteiger partial charge on any atom is 0.165 e. The van der Waals surface area contributed by atoms with Crippen LogP contribution in [0.4, 0.5) is 0 Å². The first kappa shape index (κ1) is 16.9. The van der Waals surface area contributed by atoms with Crippen LogP contribution < -0.4 is 9.47 Å². The van der Waals surface area contributed by atoms with Crippen LogP contribution in [0.3, 0.4) is 0 Å². The third-order valence-corrected chi connectivity index (χ3v) is 8.10. The van der Waals surface area contributed by atoms with Gasteiger partial charge < -0.3 is 19.5 Å². The number of hydrogen-bond donors (Lipinski definition) is 1. The fourth-order valence-electron chi connectivity index (χ4n) is 6.89. The van der Waals surface area contributed by atoms with Crippen LogP contribution in [0.5, 0.6) is 11.5 Å². The number of likely N-dealkylation sites (tertiary alicyclic amines) is 1. The molecule has 1 N–H and O–H groups in total. The Bertz CT molecular complexity index is 929. The maximum absolute atomic E-state index is 11.6. The summed E-state index contributed by atoms with van der Waals surface area (Å²) in [6, 6.07) is 15.3. The third-order valence-electron chi connectivity index (χ3n) is 8.10. The Morgan fingerprint density at radius 3 is 2.79 bits per heavy atom. The van der Waals surface area contributed by atoms with Crippen molar-refractivity contribution >= 4 is 0 Å². The average molecular weight is 377 g/mol. The lowest BCUT2D eigenvalue weighted by Crippen LogP contribution is -2.67. The molecular weight excluding hydrogens is 350 g/mol. The fourth-order valence-corrected chi connectivity index (χ4v) is 6.89. The lowest BCUT2D eigenvalue weighted by atomic mass is 9.49. The van der Waals surface area contributed by atoms with Crippen molar-refractivity contribution < 1.29 is 14.6 Å². The van der Waals surface area contributed by atoms with Gasteiger partial charge in [0, 0.05) is 22.9 Å². The molecule has 1 saturated carbocycles. The number of aliphatic hydroxyl groups excluding tert-OH is 1. The van der Waals surface area contributed by atoms with E-state index in [9.17, 15) is 5.11 Å². The van der Waals surface area contributed by atoms with E-state index in [1.54, 1.807) is 7.11 Å². The van der Waals surface area contributed by atoms with Crippen molar-refractivity contribution in [2.75, 3.05) is 20.7 Å². The molecule has 0 amide bonds.